The lowest BCUT2D eigenvalue weighted by molar-refractivity contribution is 0.380. The number of fused-ring (bicyclic) bond motifs is 1. The number of hydrogen-bond donors (Lipinski definition) is 2. The third kappa shape index (κ3) is 1.59. The summed E-state index contributed by atoms with van der Waals surface area (Å²) < 4.78 is 4.98. The first-order valence-electron chi connectivity index (χ1n) is 5.39. The van der Waals surface area contributed by atoms with Gasteiger partial charge in [0.15, 0.2) is 0 Å². The molecule has 0 saturated carbocycles. The predicted molar refractivity (Wildman–Crippen MR) is 64.6 cm³/mol. The van der Waals surface area contributed by atoms with Crippen molar-refractivity contribution in [1.29, 1.82) is 0 Å². The molecule has 0 aliphatic rings. The molecule has 0 aliphatic heterocycles. The van der Waals surface area contributed by atoms with Crippen LogP contribution >= 0.6 is 0 Å². The van der Waals surface area contributed by atoms with Gasteiger partial charge in [0.2, 0.25) is 11.7 Å². The van der Waals surface area contributed by atoms with Crippen molar-refractivity contribution in [2.24, 2.45) is 5.73 Å². The molecule has 0 radical (unpaired) electrons. The van der Waals surface area contributed by atoms with E-state index in [1.165, 1.54) is 0 Å². The molecule has 0 bridgehead atoms. The minimum absolute atomic E-state index is 0.122. The van der Waals surface area contributed by atoms with Crippen LogP contribution in [0.4, 0.5) is 0 Å². The Balaban J connectivity index is 2.26. The summed E-state index contributed by atoms with van der Waals surface area (Å²) >= 11 is 0. The average molecular weight is 242 g/mol. The Kier molecular flexibility index (Phi) is 2.42. The Bertz CT molecular complexity index is 708. The summed E-state index contributed by atoms with van der Waals surface area (Å²) in [5.41, 5.74) is 6.69. The Morgan fingerprint density at radius 2 is 2.17 bits per heavy atom. The van der Waals surface area contributed by atoms with E-state index in [4.69, 9.17) is 10.3 Å². The van der Waals surface area contributed by atoms with E-state index in [2.05, 4.69) is 15.1 Å². The number of nitrogens with zero attached hydrogens (tertiary/aromatic N) is 3. The normalized spacial score (nSPS) is 10.9. The standard InChI is InChI=1S/C12H10N4O2/c13-6-10-15-12(16-18-10)8-3-4-9(17)11-7(8)2-1-5-14-11/h1-5,17H,6,13H2. The van der Waals surface area contributed by atoms with Gasteiger partial charge in [0.25, 0.3) is 0 Å². The molecule has 0 saturated heterocycles. The number of phenolic OH excluding ortho intramolecular Hbond substituents is 1. The van der Waals surface area contributed by atoms with Crippen molar-refractivity contribution in [3.05, 3.63) is 36.4 Å². The number of phenols is 1. The van der Waals surface area contributed by atoms with Crippen LogP contribution in [-0.4, -0.2) is 20.2 Å². The number of aromatic nitrogens is 3. The highest BCUT2D eigenvalue weighted by Gasteiger charge is 2.13. The summed E-state index contributed by atoms with van der Waals surface area (Å²) in [6.07, 6.45) is 1.62. The highest BCUT2D eigenvalue weighted by atomic mass is 16.5. The van der Waals surface area contributed by atoms with Gasteiger partial charge in [0.1, 0.15) is 11.3 Å². The molecule has 6 nitrogen and oxygen atoms in total. The van der Waals surface area contributed by atoms with Crippen molar-refractivity contribution in [2.45, 2.75) is 6.54 Å². The molecule has 3 aromatic rings. The second kappa shape index (κ2) is 4.08. The van der Waals surface area contributed by atoms with Crippen LogP contribution in [0.2, 0.25) is 0 Å². The number of hydrogen-bond acceptors (Lipinski definition) is 6. The molecular weight excluding hydrogens is 232 g/mol. The maximum atomic E-state index is 9.75. The van der Waals surface area contributed by atoms with E-state index in [0.717, 1.165) is 10.9 Å². The van der Waals surface area contributed by atoms with Gasteiger partial charge >= 0.3 is 0 Å². The fraction of sp³-hybridized carbons (Fsp3) is 0.0833. The highest BCUT2D eigenvalue weighted by molar-refractivity contribution is 5.95. The van der Waals surface area contributed by atoms with Crippen molar-refractivity contribution in [3.8, 4) is 17.1 Å². The summed E-state index contributed by atoms with van der Waals surface area (Å²) in [7, 11) is 0. The van der Waals surface area contributed by atoms with Crippen LogP contribution < -0.4 is 5.73 Å². The average Bonchev–Trinajstić information content (AvgIpc) is 2.88. The monoisotopic (exact) mass is 242 g/mol. The van der Waals surface area contributed by atoms with Gasteiger partial charge in [-0.05, 0) is 18.2 Å². The fourth-order valence-electron chi connectivity index (χ4n) is 1.80. The molecule has 6 heteroatoms. The highest BCUT2D eigenvalue weighted by Crippen LogP contribution is 2.30. The van der Waals surface area contributed by atoms with Gasteiger partial charge in [-0.15, -0.1) is 0 Å². The first-order chi connectivity index (χ1) is 8.79. The van der Waals surface area contributed by atoms with Gasteiger partial charge in [-0.2, -0.15) is 4.98 Å². The van der Waals surface area contributed by atoms with E-state index in [1.54, 1.807) is 24.4 Å². The number of aromatic hydroxyl groups is 1. The summed E-state index contributed by atoms with van der Waals surface area (Å²) in [6, 6.07) is 6.92. The Labute approximate surface area is 102 Å². The van der Waals surface area contributed by atoms with Crippen molar-refractivity contribution in [2.75, 3.05) is 0 Å². The van der Waals surface area contributed by atoms with Gasteiger partial charge < -0.3 is 15.4 Å². The van der Waals surface area contributed by atoms with Gasteiger partial charge in [-0.1, -0.05) is 11.2 Å². The molecule has 0 spiro atoms. The zero-order valence-electron chi connectivity index (χ0n) is 9.37. The number of rotatable bonds is 2. The van der Waals surface area contributed by atoms with Crippen LogP contribution in [0.3, 0.4) is 0 Å². The van der Waals surface area contributed by atoms with Crippen LogP contribution in [0.15, 0.2) is 35.0 Å². The van der Waals surface area contributed by atoms with Crippen LogP contribution in [0.1, 0.15) is 5.89 Å². The molecule has 2 heterocycles. The smallest absolute Gasteiger partial charge is 0.240 e. The zero-order valence-corrected chi connectivity index (χ0v) is 9.37. The van der Waals surface area contributed by atoms with E-state index in [-0.39, 0.29) is 12.3 Å². The molecule has 3 N–H and O–H groups in total. The zero-order chi connectivity index (χ0) is 12.5. The largest absolute Gasteiger partial charge is 0.506 e. The fourth-order valence-corrected chi connectivity index (χ4v) is 1.80. The maximum absolute atomic E-state index is 9.75. The van der Waals surface area contributed by atoms with Crippen LogP contribution in [-0.2, 0) is 6.54 Å². The summed E-state index contributed by atoms with van der Waals surface area (Å²) in [5.74, 6) is 0.931. The van der Waals surface area contributed by atoms with Gasteiger partial charge in [-0.3, -0.25) is 4.98 Å². The Hall–Kier alpha value is -2.47. The Morgan fingerprint density at radius 1 is 1.28 bits per heavy atom. The van der Waals surface area contributed by atoms with Crippen molar-refractivity contribution >= 4 is 10.9 Å². The van der Waals surface area contributed by atoms with Crippen molar-refractivity contribution < 1.29 is 9.63 Å². The molecule has 0 fully saturated rings. The number of nitrogens with two attached hydrogens (primary N) is 1. The lowest BCUT2D eigenvalue weighted by atomic mass is 10.1. The molecule has 0 unspecified atom stereocenters. The van der Waals surface area contributed by atoms with Gasteiger partial charge in [0.05, 0.1) is 6.54 Å². The molecule has 3 rings (SSSR count). The lowest BCUT2D eigenvalue weighted by Gasteiger charge is -2.03. The molecule has 1 aromatic carbocycles. The topological polar surface area (TPSA) is 98.1 Å². The van der Waals surface area contributed by atoms with Gasteiger partial charge in [0, 0.05) is 17.1 Å². The lowest BCUT2D eigenvalue weighted by Crippen LogP contribution is -1.95. The molecule has 0 amide bonds. The SMILES string of the molecule is NCc1nc(-c2ccc(O)c3ncccc23)no1. The van der Waals surface area contributed by atoms with Gasteiger partial charge in [-0.25, -0.2) is 0 Å². The number of benzene rings is 1. The summed E-state index contributed by atoms with van der Waals surface area (Å²) in [6.45, 7) is 0.196. The molecule has 0 atom stereocenters. The predicted octanol–water partition coefficient (Wildman–Crippen LogP) is 1.45. The molecule has 90 valence electrons. The molecular formula is C12H10N4O2. The molecule has 0 aliphatic carbocycles. The van der Waals surface area contributed by atoms with Crippen molar-refractivity contribution in [3.63, 3.8) is 0 Å². The molecule has 2 aromatic heterocycles. The van der Waals surface area contributed by atoms with E-state index >= 15 is 0 Å². The third-order valence-corrected chi connectivity index (χ3v) is 2.63. The minimum Gasteiger partial charge on any atom is -0.506 e. The maximum Gasteiger partial charge on any atom is 0.240 e. The van der Waals surface area contributed by atoms with Crippen LogP contribution in [0.5, 0.6) is 5.75 Å². The first kappa shape index (κ1) is 10.7. The van der Waals surface area contributed by atoms with E-state index < -0.39 is 0 Å². The molecule has 18 heavy (non-hydrogen) atoms. The van der Waals surface area contributed by atoms with Crippen LogP contribution in [0.25, 0.3) is 22.3 Å². The number of pyridine rings is 1. The first-order valence-corrected chi connectivity index (χ1v) is 5.39. The summed E-state index contributed by atoms with van der Waals surface area (Å²) in [4.78, 5) is 8.30. The third-order valence-electron chi connectivity index (χ3n) is 2.63. The van der Waals surface area contributed by atoms with Crippen molar-refractivity contribution in [1.82, 2.24) is 15.1 Å². The minimum atomic E-state index is 0.122. The van der Waals surface area contributed by atoms with E-state index in [0.29, 0.717) is 17.2 Å². The Morgan fingerprint density at radius 3 is 2.94 bits per heavy atom. The second-order valence-corrected chi connectivity index (χ2v) is 3.75. The second-order valence-electron chi connectivity index (χ2n) is 3.75. The van der Waals surface area contributed by atoms with E-state index in [1.807, 2.05) is 6.07 Å². The van der Waals surface area contributed by atoms with Crippen LogP contribution in [0, 0.1) is 0 Å². The summed E-state index contributed by atoms with van der Waals surface area (Å²) in [5, 5.41) is 14.4. The van der Waals surface area contributed by atoms with E-state index in [9.17, 15) is 5.11 Å². The quantitative estimate of drug-likeness (QED) is 0.705.